The molecule has 1 heterocycles. The lowest BCUT2D eigenvalue weighted by atomic mass is 9.89. The van der Waals surface area contributed by atoms with Crippen molar-refractivity contribution in [1.29, 1.82) is 0 Å². The van der Waals surface area contributed by atoms with Crippen molar-refractivity contribution in [3.8, 4) is 17.1 Å². The molecule has 0 bridgehead atoms. The molecule has 3 rings (SSSR count). The molecule has 0 saturated carbocycles. The minimum atomic E-state index is -0.973. The lowest BCUT2D eigenvalue weighted by Gasteiger charge is -2.23. The Balaban J connectivity index is 1.94. The number of ether oxygens (including phenoxy) is 1. The van der Waals surface area contributed by atoms with Crippen LogP contribution in [0.15, 0.2) is 47.4 Å². The number of hydrogen-bond donors (Lipinski definition) is 3. The standard InChI is InChI=1S/C27H34N4O3S/c1-16-9-7-10-17(2)22(16)23-18(3)24(34-15-20(28)14-27(4,5)6)30-26(29-23)31-35-21-12-8-11-19(13-21)25(32)33/h7-13,20H,14-15,28H2,1-6H3,(H,32,33)(H,29,30,31). The van der Waals surface area contributed by atoms with Crippen LogP contribution < -0.4 is 15.2 Å². The Bertz CT molecular complexity index is 1190. The molecular weight excluding hydrogens is 460 g/mol. The molecule has 8 heteroatoms. The van der Waals surface area contributed by atoms with Crippen LogP contribution in [0.25, 0.3) is 11.3 Å². The second-order valence-corrected chi connectivity index (χ2v) is 10.8. The number of nitrogens with two attached hydrogens (primary N) is 1. The Morgan fingerprint density at radius 1 is 1.11 bits per heavy atom. The first-order valence-electron chi connectivity index (χ1n) is 11.5. The zero-order valence-electron chi connectivity index (χ0n) is 21.2. The van der Waals surface area contributed by atoms with E-state index in [4.69, 9.17) is 15.5 Å². The van der Waals surface area contributed by atoms with Gasteiger partial charge >= 0.3 is 5.97 Å². The van der Waals surface area contributed by atoms with Crippen molar-refractivity contribution in [2.24, 2.45) is 11.1 Å². The molecule has 0 spiro atoms. The van der Waals surface area contributed by atoms with E-state index < -0.39 is 5.97 Å². The zero-order valence-corrected chi connectivity index (χ0v) is 22.0. The lowest BCUT2D eigenvalue weighted by molar-refractivity contribution is 0.0696. The van der Waals surface area contributed by atoms with Gasteiger partial charge in [0.25, 0.3) is 0 Å². The van der Waals surface area contributed by atoms with E-state index in [0.29, 0.717) is 18.4 Å². The van der Waals surface area contributed by atoms with Crippen molar-refractivity contribution in [3.63, 3.8) is 0 Å². The molecule has 0 radical (unpaired) electrons. The van der Waals surface area contributed by atoms with E-state index in [9.17, 15) is 9.90 Å². The van der Waals surface area contributed by atoms with Crippen molar-refractivity contribution in [3.05, 3.63) is 64.7 Å². The normalized spacial score (nSPS) is 12.3. The second kappa shape index (κ2) is 11.1. The maximum atomic E-state index is 11.3. The summed E-state index contributed by atoms with van der Waals surface area (Å²) in [6, 6.07) is 12.7. The summed E-state index contributed by atoms with van der Waals surface area (Å²) >= 11 is 1.25. The fraction of sp³-hybridized carbons (Fsp3) is 0.370. The van der Waals surface area contributed by atoms with Crippen LogP contribution >= 0.6 is 11.9 Å². The fourth-order valence-corrected chi connectivity index (χ4v) is 4.58. The van der Waals surface area contributed by atoms with Crippen LogP contribution in [-0.2, 0) is 0 Å². The number of aromatic nitrogens is 2. The monoisotopic (exact) mass is 494 g/mol. The highest BCUT2D eigenvalue weighted by molar-refractivity contribution is 8.00. The number of rotatable bonds is 9. The molecule has 35 heavy (non-hydrogen) atoms. The summed E-state index contributed by atoms with van der Waals surface area (Å²) < 4.78 is 9.29. The zero-order chi connectivity index (χ0) is 25.8. The number of nitrogens with one attached hydrogen (secondary N) is 1. The number of carbonyl (C=O) groups is 1. The fourth-order valence-electron chi connectivity index (χ4n) is 3.94. The van der Waals surface area contributed by atoms with Gasteiger partial charge in [0.2, 0.25) is 11.8 Å². The first kappa shape index (κ1) is 26.5. The molecule has 4 N–H and O–H groups in total. The molecule has 3 aromatic rings. The van der Waals surface area contributed by atoms with E-state index in [-0.39, 0.29) is 17.0 Å². The number of anilines is 1. The van der Waals surface area contributed by atoms with Gasteiger partial charge in [0.15, 0.2) is 0 Å². The number of benzene rings is 2. The molecule has 2 aromatic carbocycles. The van der Waals surface area contributed by atoms with E-state index in [1.165, 1.54) is 11.9 Å². The quantitative estimate of drug-likeness (QED) is 0.309. The van der Waals surface area contributed by atoms with Gasteiger partial charge in [-0.2, -0.15) is 4.98 Å². The maximum absolute atomic E-state index is 11.3. The number of aromatic carboxylic acids is 1. The molecule has 1 atom stereocenters. The highest BCUT2D eigenvalue weighted by Crippen LogP contribution is 2.34. The molecular formula is C27H34N4O3S. The van der Waals surface area contributed by atoms with E-state index in [2.05, 4.69) is 56.5 Å². The van der Waals surface area contributed by atoms with Crippen molar-refractivity contribution in [1.82, 2.24) is 9.97 Å². The smallest absolute Gasteiger partial charge is 0.335 e. The topological polar surface area (TPSA) is 110 Å². The summed E-state index contributed by atoms with van der Waals surface area (Å²) in [5.41, 5.74) is 11.5. The molecule has 0 fully saturated rings. The minimum absolute atomic E-state index is 0.0980. The minimum Gasteiger partial charge on any atom is -0.478 e. The second-order valence-electron chi connectivity index (χ2n) is 9.97. The summed E-state index contributed by atoms with van der Waals surface area (Å²) in [5.74, 6) is -0.124. The molecule has 0 amide bonds. The third kappa shape index (κ3) is 7.19. The average Bonchev–Trinajstić information content (AvgIpc) is 2.77. The molecule has 0 aliphatic rings. The molecule has 1 aromatic heterocycles. The molecule has 0 aliphatic carbocycles. The summed E-state index contributed by atoms with van der Waals surface area (Å²) in [6.07, 6.45) is 0.821. The van der Waals surface area contributed by atoms with Gasteiger partial charge in [-0.25, -0.2) is 9.78 Å². The van der Waals surface area contributed by atoms with Crippen LogP contribution in [0.2, 0.25) is 0 Å². The molecule has 186 valence electrons. The number of carboxylic acid groups (broad SMARTS) is 1. The van der Waals surface area contributed by atoms with Crippen LogP contribution in [0.1, 0.15) is 54.2 Å². The van der Waals surface area contributed by atoms with E-state index in [1.54, 1.807) is 18.2 Å². The van der Waals surface area contributed by atoms with E-state index >= 15 is 0 Å². The van der Waals surface area contributed by atoms with Crippen LogP contribution in [0.4, 0.5) is 5.95 Å². The summed E-state index contributed by atoms with van der Waals surface area (Å²) in [5, 5.41) is 9.27. The number of nitrogens with zero attached hydrogens (tertiary/aromatic N) is 2. The van der Waals surface area contributed by atoms with Gasteiger partial charge in [-0.05, 0) is 73.9 Å². The Morgan fingerprint density at radius 3 is 2.40 bits per heavy atom. The highest BCUT2D eigenvalue weighted by Gasteiger charge is 2.20. The summed E-state index contributed by atoms with van der Waals surface area (Å²) in [4.78, 5) is 21.5. The Morgan fingerprint density at radius 2 is 1.77 bits per heavy atom. The Labute approximate surface area is 211 Å². The van der Waals surface area contributed by atoms with Gasteiger partial charge in [-0.1, -0.05) is 45.0 Å². The predicted molar refractivity (Wildman–Crippen MR) is 142 cm³/mol. The predicted octanol–water partition coefficient (Wildman–Crippen LogP) is 6.03. The first-order valence-corrected chi connectivity index (χ1v) is 12.4. The Hall–Kier alpha value is -3.10. The van der Waals surface area contributed by atoms with Crippen LogP contribution in [0.5, 0.6) is 5.88 Å². The largest absolute Gasteiger partial charge is 0.478 e. The van der Waals surface area contributed by atoms with E-state index in [0.717, 1.165) is 39.3 Å². The SMILES string of the molecule is Cc1cccc(C)c1-c1nc(NSc2cccc(C(=O)O)c2)nc(OCC(N)CC(C)(C)C)c1C. The number of carboxylic acids is 1. The van der Waals surface area contributed by atoms with Crippen LogP contribution in [0.3, 0.4) is 0 Å². The highest BCUT2D eigenvalue weighted by atomic mass is 32.2. The Kier molecular flexibility index (Phi) is 8.40. The van der Waals surface area contributed by atoms with Crippen LogP contribution in [0, 0.1) is 26.2 Å². The molecule has 1 unspecified atom stereocenters. The molecule has 0 aliphatic heterocycles. The van der Waals surface area contributed by atoms with Gasteiger partial charge in [-0.15, -0.1) is 0 Å². The van der Waals surface area contributed by atoms with Crippen molar-refractivity contribution >= 4 is 23.9 Å². The third-order valence-electron chi connectivity index (χ3n) is 5.47. The van der Waals surface area contributed by atoms with Gasteiger partial charge in [0, 0.05) is 22.1 Å². The third-order valence-corrected chi connectivity index (χ3v) is 6.24. The van der Waals surface area contributed by atoms with Gasteiger partial charge in [0.05, 0.1) is 11.3 Å². The van der Waals surface area contributed by atoms with Gasteiger partial charge in [0.1, 0.15) is 6.61 Å². The average molecular weight is 495 g/mol. The van der Waals surface area contributed by atoms with Crippen molar-refractivity contribution < 1.29 is 14.6 Å². The maximum Gasteiger partial charge on any atom is 0.335 e. The number of hydrogen-bond acceptors (Lipinski definition) is 7. The van der Waals surface area contributed by atoms with Crippen molar-refractivity contribution in [2.45, 2.75) is 58.9 Å². The van der Waals surface area contributed by atoms with Crippen molar-refractivity contribution in [2.75, 3.05) is 11.3 Å². The van der Waals surface area contributed by atoms with Crippen LogP contribution in [-0.4, -0.2) is 33.7 Å². The summed E-state index contributed by atoms with van der Waals surface area (Å²) in [7, 11) is 0. The van der Waals surface area contributed by atoms with Gasteiger partial charge in [-0.3, -0.25) is 4.72 Å². The van der Waals surface area contributed by atoms with E-state index in [1.807, 2.05) is 19.1 Å². The lowest BCUT2D eigenvalue weighted by Crippen LogP contribution is -2.32. The summed E-state index contributed by atoms with van der Waals surface area (Å²) in [6.45, 7) is 12.9. The first-order chi connectivity index (χ1) is 16.4. The number of aryl methyl sites for hydroxylation is 2. The molecule has 7 nitrogen and oxygen atoms in total. The molecule has 0 saturated heterocycles. The van der Waals surface area contributed by atoms with Gasteiger partial charge < -0.3 is 15.6 Å².